The number of ether oxygens (including phenoxy) is 1. The van der Waals surface area contributed by atoms with E-state index in [1.54, 1.807) is 0 Å². The maximum Gasteiger partial charge on any atom is 0.262 e. The SMILES string of the molecule is O=C1COc2ccc(-c3n[nH]c(C4CCCCN4)n3)cc2N1. The fourth-order valence-electron chi connectivity index (χ4n) is 2.87. The van der Waals surface area contributed by atoms with Gasteiger partial charge in [-0.3, -0.25) is 9.89 Å². The number of hydrogen-bond acceptors (Lipinski definition) is 5. The van der Waals surface area contributed by atoms with Crippen molar-refractivity contribution >= 4 is 11.6 Å². The number of fused-ring (bicyclic) bond motifs is 1. The van der Waals surface area contributed by atoms with Gasteiger partial charge in [-0.2, -0.15) is 5.10 Å². The third-order valence-corrected chi connectivity index (χ3v) is 4.01. The lowest BCUT2D eigenvalue weighted by Crippen LogP contribution is -2.27. The molecular weight excluding hydrogens is 282 g/mol. The maximum absolute atomic E-state index is 11.4. The van der Waals surface area contributed by atoms with Crippen LogP contribution >= 0.6 is 0 Å². The minimum absolute atomic E-state index is 0.0600. The van der Waals surface area contributed by atoms with E-state index in [4.69, 9.17) is 4.74 Å². The average molecular weight is 299 g/mol. The van der Waals surface area contributed by atoms with Crippen LogP contribution in [0.4, 0.5) is 5.69 Å². The van der Waals surface area contributed by atoms with E-state index in [9.17, 15) is 4.79 Å². The Balaban J connectivity index is 1.61. The van der Waals surface area contributed by atoms with Crippen LogP contribution in [0.5, 0.6) is 5.75 Å². The topological polar surface area (TPSA) is 91.9 Å². The second kappa shape index (κ2) is 5.42. The van der Waals surface area contributed by atoms with Crippen LogP contribution in [0.1, 0.15) is 31.1 Å². The summed E-state index contributed by atoms with van der Waals surface area (Å²) in [5, 5.41) is 13.6. The summed E-state index contributed by atoms with van der Waals surface area (Å²) in [7, 11) is 0. The molecule has 7 heteroatoms. The van der Waals surface area contributed by atoms with Crippen LogP contribution in [-0.4, -0.2) is 34.2 Å². The Kier molecular flexibility index (Phi) is 3.27. The molecule has 1 fully saturated rings. The van der Waals surface area contributed by atoms with Gasteiger partial charge in [0.25, 0.3) is 5.91 Å². The lowest BCUT2D eigenvalue weighted by atomic mass is 10.0. The highest BCUT2D eigenvalue weighted by molar-refractivity contribution is 5.96. The molecule has 1 atom stereocenters. The van der Waals surface area contributed by atoms with Crippen molar-refractivity contribution in [1.82, 2.24) is 20.5 Å². The molecule has 2 aromatic rings. The van der Waals surface area contributed by atoms with E-state index in [2.05, 4.69) is 25.8 Å². The summed E-state index contributed by atoms with van der Waals surface area (Å²) in [6.45, 7) is 1.08. The first kappa shape index (κ1) is 13.3. The molecule has 0 saturated carbocycles. The highest BCUT2D eigenvalue weighted by Crippen LogP contribution is 2.32. The molecule has 1 saturated heterocycles. The van der Waals surface area contributed by atoms with Gasteiger partial charge in [-0.05, 0) is 37.6 Å². The van der Waals surface area contributed by atoms with E-state index in [-0.39, 0.29) is 18.6 Å². The number of aromatic nitrogens is 3. The molecule has 3 N–H and O–H groups in total. The van der Waals surface area contributed by atoms with E-state index >= 15 is 0 Å². The molecule has 4 rings (SSSR count). The Morgan fingerprint density at radius 1 is 1.27 bits per heavy atom. The third kappa shape index (κ3) is 2.43. The molecule has 1 amide bonds. The van der Waals surface area contributed by atoms with Crippen molar-refractivity contribution in [1.29, 1.82) is 0 Å². The van der Waals surface area contributed by atoms with Gasteiger partial charge in [-0.1, -0.05) is 6.42 Å². The maximum atomic E-state index is 11.4. The monoisotopic (exact) mass is 299 g/mol. The molecule has 2 aliphatic heterocycles. The zero-order valence-electron chi connectivity index (χ0n) is 12.1. The lowest BCUT2D eigenvalue weighted by molar-refractivity contribution is -0.118. The van der Waals surface area contributed by atoms with Crippen LogP contribution in [0.25, 0.3) is 11.4 Å². The van der Waals surface area contributed by atoms with Crippen LogP contribution in [0.15, 0.2) is 18.2 Å². The fraction of sp³-hybridized carbons (Fsp3) is 0.400. The largest absolute Gasteiger partial charge is 0.482 e. The summed E-state index contributed by atoms with van der Waals surface area (Å²) in [5.74, 6) is 2.03. The van der Waals surface area contributed by atoms with Crippen LogP contribution in [0.3, 0.4) is 0 Å². The van der Waals surface area contributed by atoms with Crippen molar-refractivity contribution < 1.29 is 9.53 Å². The summed E-state index contributed by atoms with van der Waals surface area (Å²) in [5.41, 5.74) is 1.51. The Morgan fingerprint density at radius 2 is 2.23 bits per heavy atom. The third-order valence-electron chi connectivity index (χ3n) is 4.01. The zero-order valence-corrected chi connectivity index (χ0v) is 12.1. The molecule has 0 spiro atoms. The molecule has 2 aliphatic rings. The van der Waals surface area contributed by atoms with Crippen LogP contribution in [-0.2, 0) is 4.79 Å². The van der Waals surface area contributed by atoms with Gasteiger partial charge in [0, 0.05) is 5.56 Å². The predicted octanol–water partition coefficient (Wildman–Crippen LogP) is 1.62. The lowest BCUT2D eigenvalue weighted by Gasteiger charge is -2.20. The summed E-state index contributed by atoms with van der Waals surface area (Å²) >= 11 is 0. The molecule has 7 nitrogen and oxygen atoms in total. The summed E-state index contributed by atoms with van der Waals surface area (Å²) in [6.07, 6.45) is 3.49. The number of carbonyl (C=O) groups is 1. The van der Waals surface area contributed by atoms with Crippen LogP contribution in [0.2, 0.25) is 0 Å². The van der Waals surface area contributed by atoms with E-state index in [1.165, 1.54) is 12.8 Å². The van der Waals surface area contributed by atoms with E-state index < -0.39 is 0 Å². The van der Waals surface area contributed by atoms with Gasteiger partial charge in [-0.25, -0.2) is 4.98 Å². The number of amides is 1. The first-order chi connectivity index (χ1) is 10.8. The predicted molar refractivity (Wildman–Crippen MR) is 80.5 cm³/mol. The van der Waals surface area contributed by atoms with Crippen LogP contribution < -0.4 is 15.4 Å². The molecule has 1 aromatic heterocycles. The van der Waals surface area contributed by atoms with Gasteiger partial charge >= 0.3 is 0 Å². The van der Waals surface area contributed by atoms with Crippen molar-refractivity contribution in [3.63, 3.8) is 0 Å². The first-order valence-electron chi connectivity index (χ1n) is 7.52. The first-order valence-corrected chi connectivity index (χ1v) is 7.52. The number of nitrogens with one attached hydrogen (secondary N) is 3. The smallest absolute Gasteiger partial charge is 0.262 e. The van der Waals surface area contributed by atoms with Crippen molar-refractivity contribution in [2.24, 2.45) is 0 Å². The van der Waals surface area contributed by atoms with Crippen molar-refractivity contribution in [2.75, 3.05) is 18.5 Å². The van der Waals surface area contributed by atoms with Gasteiger partial charge in [0.15, 0.2) is 12.4 Å². The summed E-state index contributed by atoms with van der Waals surface area (Å²) < 4.78 is 5.36. The van der Waals surface area contributed by atoms with Gasteiger partial charge < -0.3 is 15.4 Å². The van der Waals surface area contributed by atoms with Crippen molar-refractivity contribution in [2.45, 2.75) is 25.3 Å². The molecule has 0 radical (unpaired) electrons. The molecule has 0 bridgehead atoms. The number of aromatic amines is 1. The molecule has 114 valence electrons. The van der Waals surface area contributed by atoms with Gasteiger partial charge in [-0.15, -0.1) is 0 Å². The molecule has 1 unspecified atom stereocenters. The minimum atomic E-state index is -0.147. The number of carbonyl (C=O) groups excluding carboxylic acids is 1. The number of piperidine rings is 1. The van der Waals surface area contributed by atoms with Crippen molar-refractivity contribution in [3.05, 3.63) is 24.0 Å². The second-order valence-corrected chi connectivity index (χ2v) is 5.59. The molecule has 3 heterocycles. The number of hydrogen-bond donors (Lipinski definition) is 3. The average Bonchev–Trinajstić information content (AvgIpc) is 3.05. The molecule has 0 aliphatic carbocycles. The second-order valence-electron chi connectivity index (χ2n) is 5.59. The summed E-state index contributed by atoms with van der Waals surface area (Å²) in [4.78, 5) is 16.0. The number of rotatable bonds is 2. The Hall–Kier alpha value is -2.41. The number of nitrogens with zero attached hydrogens (tertiary/aromatic N) is 2. The van der Waals surface area contributed by atoms with E-state index in [0.717, 1.165) is 24.4 Å². The highest BCUT2D eigenvalue weighted by Gasteiger charge is 2.20. The number of anilines is 1. The zero-order chi connectivity index (χ0) is 14.9. The van der Waals surface area contributed by atoms with E-state index in [1.807, 2.05) is 18.2 Å². The minimum Gasteiger partial charge on any atom is -0.482 e. The normalized spacial score (nSPS) is 20.9. The standard InChI is InChI=1S/C15H17N5O2/c21-13-8-22-12-5-4-9(7-11(12)17-13)14-18-15(20-19-14)10-3-1-2-6-16-10/h4-5,7,10,16H,1-3,6,8H2,(H,17,21)(H,18,19,20). The Labute approximate surface area is 127 Å². The van der Waals surface area contributed by atoms with Gasteiger partial charge in [0.1, 0.15) is 11.6 Å². The molecule has 22 heavy (non-hydrogen) atoms. The number of benzene rings is 1. The fourth-order valence-corrected chi connectivity index (χ4v) is 2.87. The van der Waals surface area contributed by atoms with E-state index in [0.29, 0.717) is 17.3 Å². The Morgan fingerprint density at radius 3 is 3.09 bits per heavy atom. The highest BCUT2D eigenvalue weighted by atomic mass is 16.5. The Bertz CT molecular complexity index is 706. The molecule has 1 aromatic carbocycles. The number of H-pyrrole nitrogens is 1. The van der Waals surface area contributed by atoms with Crippen molar-refractivity contribution in [3.8, 4) is 17.1 Å². The molecular formula is C15H17N5O2. The van der Waals surface area contributed by atoms with Crippen LogP contribution in [0, 0.1) is 0 Å². The quantitative estimate of drug-likeness (QED) is 0.783. The van der Waals surface area contributed by atoms with Gasteiger partial charge in [0.2, 0.25) is 0 Å². The van der Waals surface area contributed by atoms with Gasteiger partial charge in [0.05, 0.1) is 11.7 Å². The summed E-state index contributed by atoms with van der Waals surface area (Å²) in [6, 6.07) is 5.82.